The van der Waals surface area contributed by atoms with Gasteiger partial charge in [0.25, 0.3) is 0 Å². The van der Waals surface area contributed by atoms with E-state index in [9.17, 15) is 0 Å². The van der Waals surface area contributed by atoms with Crippen molar-refractivity contribution in [3.05, 3.63) is 0 Å². The number of hydrogen-bond donors (Lipinski definition) is 1. The first kappa shape index (κ1) is 15.1. The summed E-state index contributed by atoms with van der Waals surface area (Å²) in [6.07, 6.45) is 2.18. The highest BCUT2D eigenvalue weighted by atomic mass is 28.4. The van der Waals surface area contributed by atoms with E-state index in [0.29, 0.717) is 5.54 Å². The Balaban J connectivity index is 3.97. The van der Waals surface area contributed by atoms with E-state index in [-0.39, 0.29) is 0 Å². The molecule has 0 radical (unpaired) electrons. The van der Waals surface area contributed by atoms with E-state index in [4.69, 9.17) is 13.3 Å². The van der Waals surface area contributed by atoms with Crippen molar-refractivity contribution in [2.24, 2.45) is 0 Å². The fourth-order valence-electron chi connectivity index (χ4n) is 1.65. The summed E-state index contributed by atoms with van der Waals surface area (Å²) in [4.78, 5) is 0. The molecule has 0 aliphatic rings. The lowest BCUT2D eigenvalue weighted by molar-refractivity contribution is 0.112. The molecule has 1 unspecified atom stereocenters. The molecular formula is C10H25NO3Si. The van der Waals surface area contributed by atoms with E-state index in [1.54, 1.807) is 21.3 Å². The van der Waals surface area contributed by atoms with Gasteiger partial charge in [-0.3, -0.25) is 0 Å². The molecule has 92 valence electrons. The maximum atomic E-state index is 5.42. The molecule has 0 spiro atoms. The molecule has 5 heteroatoms. The maximum Gasteiger partial charge on any atom is 0.503 e. The fourth-order valence-corrected chi connectivity index (χ4v) is 3.86. The van der Waals surface area contributed by atoms with Crippen LogP contribution in [0.25, 0.3) is 0 Å². The van der Waals surface area contributed by atoms with Gasteiger partial charge >= 0.3 is 8.80 Å². The molecule has 0 heterocycles. The summed E-state index contributed by atoms with van der Waals surface area (Å²) >= 11 is 0. The first-order valence-corrected chi connectivity index (χ1v) is 7.33. The molecule has 15 heavy (non-hydrogen) atoms. The Bertz CT molecular complexity index is 145. The third-order valence-electron chi connectivity index (χ3n) is 2.64. The highest BCUT2D eigenvalue weighted by Gasteiger charge is 2.43. The molecular weight excluding hydrogens is 210 g/mol. The zero-order chi connectivity index (χ0) is 11.7. The van der Waals surface area contributed by atoms with Crippen LogP contribution in [0, 0.1) is 0 Å². The molecule has 1 atom stereocenters. The molecule has 0 saturated carbocycles. The largest absolute Gasteiger partial charge is 0.503 e. The minimum atomic E-state index is -2.42. The standard InChI is InChI=1S/C10H25NO3Si/c1-6-8-11-9-7-10(2)15(12-3,13-4)14-5/h10-11H,6-9H2,1-5H3. The van der Waals surface area contributed by atoms with E-state index in [2.05, 4.69) is 19.2 Å². The van der Waals surface area contributed by atoms with Gasteiger partial charge in [0, 0.05) is 26.9 Å². The van der Waals surface area contributed by atoms with Crippen molar-refractivity contribution >= 4 is 8.80 Å². The van der Waals surface area contributed by atoms with Gasteiger partial charge in [0.1, 0.15) is 0 Å². The Morgan fingerprint density at radius 3 is 2.00 bits per heavy atom. The highest BCUT2D eigenvalue weighted by Crippen LogP contribution is 2.26. The lowest BCUT2D eigenvalue weighted by atomic mass is 10.3. The average molecular weight is 235 g/mol. The highest BCUT2D eigenvalue weighted by molar-refractivity contribution is 6.62. The van der Waals surface area contributed by atoms with Gasteiger partial charge in [0.15, 0.2) is 0 Å². The molecule has 0 aromatic carbocycles. The second kappa shape index (κ2) is 8.24. The molecule has 1 N–H and O–H groups in total. The minimum Gasteiger partial charge on any atom is -0.377 e. The Hall–Kier alpha value is 0.0569. The zero-order valence-corrected chi connectivity index (χ0v) is 11.6. The van der Waals surface area contributed by atoms with E-state index in [0.717, 1.165) is 25.9 Å². The van der Waals surface area contributed by atoms with Crippen molar-refractivity contribution in [1.29, 1.82) is 0 Å². The third-order valence-corrected chi connectivity index (χ3v) is 5.84. The predicted molar refractivity (Wildman–Crippen MR) is 64.0 cm³/mol. The first-order chi connectivity index (χ1) is 7.16. The Labute approximate surface area is 94.7 Å². The normalized spacial score (nSPS) is 14.2. The van der Waals surface area contributed by atoms with Gasteiger partial charge in [0.05, 0.1) is 0 Å². The molecule has 0 fully saturated rings. The quantitative estimate of drug-likeness (QED) is 0.487. The predicted octanol–water partition coefficient (Wildman–Crippen LogP) is 1.64. The summed E-state index contributed by atoms with van der Waals surface area (Å²) in [5.41, 5.74) is 0.321. The second-order valence-corrected chi connectivity index (χ2v) is 7.07. The maximum absolute atomic E-state index is 5.42. The van der Waals surface area contributed by atoms with Gasteiger partial charge in [-0.2, -0.15) is 0 Å². The lowest BCUT2D eigenvalue weighted by Gasteiger charge is -2.30. The lowest BCUT2D eigenvalue weighted by Crippen LogP contribution is -2.47. The molecule has 0 bridgehead atoms. The number of hydrogen-bond acceptors (Lipinski definition) is 4. The fraction of sp³-hybridized carbons (Fsp3) is 1.00. The van der Waals surface area contributed by atoms with Crippen LogP contribution in [0.2, 0.25) is 5.54 Å². The van der Waals surface area contributed by atoms with Crippen LogP contribution in [0.5, 0.6) is 0 Å². The van der Waals surface area contributed by atoms with Gasteiger partial charge in [-0.15, -0.1) is 0 Å². The van der Waals surface area contributed by atoms with E-state index in [1.165, 1.54) is 0 Å². The zero-order valence-electron chi connectivity index (χ0n) is 10.6. The van der Waals surface area contributed by atoms with Crippen LogP contribution in [-0.4, -0.2) is 43.2 Å². The Kier molecular flexibility index (Phi) is 8.27. The Morgan fingerprint density at radius 1 is 1.07 bits per heavy atom. The van der Waals surface area contributed by atoms with Crippen LogP contribution in [0.15, 0.2) is 0 Å². The van der Waals surface area contributed by atoms with E-state index < -0.39 is 8.80 Å². The SMILES string of the molecule is CCCNCCC(C)[Si](OC)(OC)OC. The minimum absolute atomic E-state index is 0.321. The van der Waals surface area contributed by atoms with E-state index >= 15 is 0 Å². The smallest absolute Gasteiger partial charge is 0.377 e. The summed E-state index contributed by atoms with van der Waals surface area (Å²) in [5, 5.41) is 3.37. The van der Waals surface area contributed by atoms with Crippen molar-refractivity contribution in [3.8, 4) is 0 Å². The van der Waals surface area contributed by atoms with Gasteiger partial charge in [0.2, 0.25) is 0 Å². The molecule has 0 aliphatic heterocycles. The van der Waals surface area contributed by atoms with Crippen molar-refractivity contribution in [3.63, 3.8) is 0 Å². The van der Waals surface area contributed by atoms with Crippen LogP contribution >= 0.6 is 0 Å². The van der Waals surface area contributed by atoms with Crippen molar-refractivity contribution in [1.82, 2.24) is 5.32 Å². The Morgan fingerprint density at radius 2 is 1.60 bits per heavy atom. The summed E-state index contributed by atoms with van der Waals surface area (Å²) in [6, 6.07) is 0. The van der Waals surface area contributed by atoms with Crippen molar-refractivity contribution in [2.45, 2.75) is 32.2 Å². The van der Waals surface area contributed by atoms with Crippen LogP contribution in [0.4, 0.5) is 0 Å². The molecule has 0 aromatic rings. The van der Waals surface area contributed by atoms with Crippen LogP contribution in [0.1, 0.15) is 26.7 Å². The summed E-state index contributed by atoms with van der Waals surface area (Å²) in [5.74, 6) is 0. The van der Waals surface area contributed by atoms with Crippen LogP contribution in [0.3, 0.4) is 0 Å². The average Bonchev–Trinajstić information content (AvgIpc) is 2.28. The molecule has 0 aromatic heterocycles. The van der Waals surface area contributed by atoms with Crippen molar-refractivity contribution in [2.75, 3.05) is 34.4 Å². The molecule has 0 aliphatic carbocycles. The van der Waals surface area contributed by atoms with Gasteiger partial charge < -0.3 is 18.6 Å². The van der Waals surface area contributed by atoms with Gasteiger partial charge in [-0.1, -0.05) is 13.8 Å². The van der Waals surface area contributed by atoms with Crippen LogP contribution in [-0.2, 0) is 13.3 Å². The van der Waals surface area contributed by atoms with Crippen molar-refractivity contribution < 1.29 is 13.3 Å². The first-order valence-electron chi connectivity index (χ1n) is 5.53. The topological polar surface area (TPSA) is 39.7 Å². The van der Waals surface area contributed by atoms with E-state index in [1.807, 2.05) is 0 Å². The molecule has 0 rings (SSSR count). The molecule has 4 nitrogen and oxygen atoms in total. The third kappa shape index (κ3) is 4.61. The molecule has 0 amide bonds. The summed E-state index contributed by atoms with van der Waals surface area (Å²) < 4.78 is 16.3. The number of rotatable bonds is 9. The van der Waals surface area contributed by atoms with Crippen LogP contribution < -0.4 is 5.32 Å². The summed E-state index contributed by atoms with van der Waals surface area (Å²) in [7, 11) is 2.56. The van der Waals surface area contributed by atoms with Gasteiger partial charge in [-0.05, 0) is 25.9 Å². The van der Waals surface area contributed by atoms with Gasteiger partial charge in [-0.25, -0.2) is 0 Å². The number of nitrogens with one attached hydrogen (secondary N) is 1. The molecule has 0 saturated heterocycles. The second-order valence-electron chi connectivity index (χ2n) is 3.66. The monoisotopic (exact) mass is 235 g/mol. The summed E-state index contributed by atoms with van der Waals surface area (Å²) in [6.45, 7) is 6.33.